The number of hydrogen-bond acceptors (Lipinski definition) is 1. The minimum atomic E-state index is -0.676. The van der Waals surface area contributed by atoms with Crippen LogP contribution in [-0.4, -0.2) is 11.1 Å². The van der Waals surface area contributed by atoms with Crippen LogP contribution in [0.25, 0.3) is 0 Å². The van der Waals surface area contributed by atoms with Gasteiger partial charge in [0.05, 0.1) is 5.92 Å². The third-order valence-corrected chi connectivity index (χ3v) is 4.04. The molecule has 1 aromatic carbocycles. The van der Waals surface area contributed by atoms with Gasteiger partial charge in [0.2, 0.25) is 0 Å². The maximum Gasteiger partial charge on any atom is 0.310 e. The first-order valence-corrected chi connectivity index (χ1v) is 7.05. The van der Waals surface area contributed by atoms with Crippen molar-refractivity contribution in [2.45, 2.75) is 50.9 Å². The number of aliphatic carboxylic acids is 1. The minimum Gasteiger partial charge on any atom is -0.481 e. The van der Waals surface area contributed by atoms with E-state index in [1.165, 1.54) is 38.5 Å². The van der Waals surface area contributed by atoms with Crippen molar-refractivity contribution in [2.24, 2.45) is 5.92 Å². The van der Waals surface area contributed by atoms with Crippen LogP contribution in [0.3, 0.4) is 0 Å². The molecule has 2 nitrogen and oxygen atoms in total. The fraction of sp³-hybridized carbons (Fsp3) is 0.562. The molecular formula is C16H22O2. The summed E-state index contributed by atoms with van der Waals surface area (Å²) in [5, 5.41) is 9.43. The number of carboxylic acid groups (broad SMARTS) is 1. The number of carboxylic acids is 1. The lowest BCUT2D eigenvalue weighted by molar-refractivity contribution is -0.139. The molecule has 0 aliphatic heterocycles. The Bertz CT molecular complexity index is 364. The van der Waals surface area contributed by atoms with Crippen LogP contribution in [0.2, 0.25) is 0 Å². The smallest absolute Gasteiger partial charge is 0.310 e. The van der Waals surface area contributed by atoms with Gasteiger partial charge in [0.1, 0.15) is 0 Å². The Morgan fingerprint density at radius 3 is 2.28 bits per heavy atom. The van der Waals surface area contributed by atoms with E-state index in [-0.39, 0.29) is 5.92 Å². The quantitative estimate of drug-likeness (QED) is 0.808. The first kappa shape index (κ1) is 13.1. The van der Waals surface area contributed by atoms with Gasteiger partial charge in [-0.1, -0.05) is 68.9 Å². The van der Waals surface area contributed by atoms with Gasteiger partial charge in [0.25, 0.3) is 0 Å². The van der Waals surface area contributed by atoms with Crippen molar-refractivity contribution in [3.63, 3.8) is 0 Å². The highest BCUT2D eigenvalue weighted by molar-refractivity contribution is 5.76. The molecule has 18 heavy (non-hydrogen) atoms. The van der Waals surface area contributed by atoms with Gasteiger partial charge >= 0.3 is 5.97 Å². The second-order valence-electron chi connectivity index (χ2n) is 5.39. The van der Waals surface area contributed by atoms with Crippen LogP contribution in [0.15, 0.2) is 30.3 Å². The molecular weight excluding hydrogens is 224 g/mol. The fourth-order valence-electron chi connectivity index (χ4n) is 3.00. The third-order valence-electron chi connectivity index (χ3n) is 4.04. The zero-order chi connectivity index (χ0) is 12.8. The van der Waals surface area contributed by atoms with Crippen molar-refractivity contribution >= 4 is 5.97 Å². The molecule has 1 aliphatic rings. The molecule has 0 heterocycles. The Morgan fingerprint density at radius 1 is 1.11 bits per heavy atom. The summed E-state index contributed by atoms with van der Waals surface area (Å²) in [6.07, 6.45) is 8.39. The summed E-state index contributed by atoms with van der Waals surface area (Å²) in [5.41, 5.74) is 0.953. The molecule has 98 valence electrons. The van der Waals surface area contributed by atoms with Crippen molar-refractivity contribution < 1.29 is 9.90 Å². The summed E-state index contributed by atoms with van der Waals surface area (Å²) in [6, 6.07) is 9.68. The minimum absolute atomic E-state index is 0.325. The summed E-state index contributed by atoms with van der Waals surface area (Å²) in [5.74, 6) is -0.409. The molecule has 1 unspecified atom stereocenters. The predicted octanol–water partition coefficient (Wildman–Crippen LogP) is 4.22. The molecule has 1 fully saturated rings. The third kappa shape index (κ3) is 3.59. The number of benzene rings is 1. The maximum atomic E-state index is 11.5. The summed E-state index contributed by atoms with van der Waals surface area (Å²) in [6.45, 7) is 0. The summed E-state index contributed by atoms with van der Waals surface area (Å²) in [4.78, 5) is 11.5. The van der Waals surface area contributed by atoms with Crippen LogP contribution < -0.4 is 0 Å². The first-order chi connectivity index (χ1) is 8.77. The van der Waals surface area contributed by atoms with E-state index in [1.807, 2.05) is 30.3 Å². The van der Waals surface area contributed by atoms with Gasteiger partial charge in [0.15, 0.2) is 0 Å². The molecule has 1 aromatic rings. The first-order valence-electron chi connectivity index (χ1n) is 7.05. The van der Waals surface area contributed by atoms with Crippen molar-refractivity contribution in [2.75, 3.05) is 0 Å². The van der Waals surface area contributed by atoms with E-state index < -0.39 is 5.97 Å². The molecule has 1 N–H and O–H groups in total. The van der Waals surface area contributed by atoms with Crippen molar-refractivity contribution in [1.82, 2.24) is 0 Å². The fourth-order valence-corrected chi connectivity index (χ4v) is 3.00. The van der Waals surface area contributed by atoms with Gasteiger partial charge in [-0.15, -0.1) is 0 Å². The van der Waals surface area contributed by atoms with Crippen molar-refractivity contribution in [3.8, 4) is 0 Å². The average molecular weight is 246 g/mol. The van der Waals surface area contributed by atoms with Gasteiger partial charge in [-0.3, -0.25) is 4.79 Å². The van der Waals surface area contributed by atoms with E-state index >= 15 is 0 Å². The van der Waals surface area contributed by atoms with Crippen LogP contribution in [0.4, 0.5) is 0 Å². The highest BCUT2D eigenvalue weighted by Gasteiger charge is 2.24. The number of carbonyl (C=O) groups is 1. The lowest BCUT2D eigenvalue weighted by atomic mass is 9.85. The zero-order valence-electron chi connectivity index (χ0n) is 10.8. The summed E-state index contributed by atoms with van der Waals surface area (Å²) < 4.78 is 0. The number of hydrogen-bond donors (Lipinski definition) is 1. The molecule has 0 bridgehead atoms. The van der Waals surface area contributed by atoms with Crippen molar-refractivity contribution in [3.05, 3.63) is 35.9 Å². The molecule has 1 aliphatic carbocycles. The molecule has 0 spiro atoms. The van der Waals surface area contributed by atoms with Crippen molar-refractivity contribution in [1.29, 1.82) is 0 Å². The second-order valence-corrected chi connectivity index (χ2v) is 5.39. The lowest BCUT2D eigenvalue weighted by Gasteiger charge is -2.19. The van der Waals surface area contributed by atoms with Gasteiger partial charge in [-0.25, -0.2) is 0 Å². The van der Waals surface area contributed by atoms with Crippen LogP contribution >= 0.6 is 0 Å². The van der Waals surface area contributed by atoms with Gasteiger partial charge in [-0.2, -0.15) is 0 Å². The van der Waals surface area contributed by atoms with E-state index in [2.05, 4.69) is 0 Å². The molecule has 1 atom stereocenters. The Balaban J connectivity index is 2.04. The SMILES string of the molecule is O=C(O)C(CC1CCCCCC1)c1ccccc1. The highest BCUT2D eigenvalue weighted by atomic mass is 16.4. The summed E-state index contributed by atoms with van der Waals surface area (Å²) in [7, 11) is 0. The molecule has 0 amide bonds. The highest BCUT2D eigenvalue weighted by Crippen LogP contribution is 2.32. The maximum absolute atomic E-state index is 11.5. The molecule has 2 heteroatoms. The van der Waals surface area contributed by atoms with Gasteiger partial charge in [0, 0.05) is 0 Å². The van der Waals surface area contributed by atoms with Crippen LogP contribution in [0.1, 0.15) is 56.4 Å². The van der Waals surface area contributed by atoms with Crippen LogP contribution in [-0.2, 0) is 4.79 Å². The van der Waals surface area contributed by atoms with Crippen LogP contribution in [0.5, 0.6) is 0 Å². The Morgan fingerprint density at radius 2 is 1.72 bits per heavy atom. The monoisotopic (exact) mass is 246 g/mol. The predicted molar refractivity (Wildman–Crippen MR) is 72.6 cm³/mol. The standard InChI is InChI=1S/C16H22O2/c17-16(18)15(14-10-6-3-7-11-14)12-13-8-4-1-2-5-9-13/h3,6-7,10-11,13,15H,1-2,4-5,8-9,12H2,(H,17,18). The molecule has 2 rings (SSSR count). The topological polar surface area (TPSA) is 37.3 Å². The van der Waals surface area contributed by atoms with E-state index in [1.54, 1.807) is 0 Å². The normalized spacial score (nSPS) is 19.1. The van der Waals surface area contributed by atoms with E-state index in [0.29, 0.717) is 5.92 Å². The molecule has 0 saturated heterocycles. The van der Waals surface area contributed by atoms with E-state index in [9.17, 15) is 9.90 Å². The van der Waals surface area contributed by atoms with Crippen LogP contribution in [0, 0.1) is 5.92 Å². The van der Waals surface area contributed by atoms with E-state index in [0.717, 1.165) is 12.0 Å². The summed E-state index contributed by atoms with van der Waals surface area (Å²) >= 11 is 0. The molecule has 0 radical (unpaired) electrons. The average Bonchev–Trinajstić information content (AvgIpc) is 2.65. The molecule has 1 saturated carbocycles. The Labute approximate surface area is 109 Å². The Hall–Kier alpha value is -1.31. The van der Waals surface area contributed by atoms with Gasteiger partial charge in [-0.05, 0) is 17.9 Å². The van der Waals surface area contributed by atoms with E-state index in [4.69, 9.17) is 0 Å². The second kappa shape index (κ2) is 6.58. The largest absolute Gasteiger partial charge is 0.481 e. The zero-order valence-corrected chi connectivity index (χ0v) is 10.8. The van der Waals surface area contributed by atoms with Gasteiger partial charge < -0.3 is 5.11 Å². The molecule has 0 aromatic heterocycles. The Kier molecular flexibility index (Phi) is 4.80. The lowest BCUT2D eigenvalue weighted by Crippen LogP contribution is -2.16. The number of rotatable bonds is 4.